The van der Waals surface area contributed by atoms with Crippen LogP contribution in [0.2, 0.25) is 0 Å². The van der Waals surface area contributed by atoms with Gasteiger partial charge in [0.1, 0.15) is 0 Å². The Morgan fingerprint density at radius 1 is 1.22 bits per heavy atom. The monoisotopic (exact) mass is 320 g/mol. The summed E-state index contributed by atoms with van der Waals surface area (Å²) < 4.78 is 2.10. The number of aromatic nitrogens is 1. The highest BCUT2D eigenvalue weighted by Crippen LogP contribution is 2.24. The summed E-state index contributed by atoms with van der Waals surface area (Å²) in [4.78, 5) is 24.2. The third-order valence-electron chi connectivity index (χ3n) is 5.03. The standard InChI is InChI=1S/C18H28N2O3/c1-4-20-12(2)11-15(13(20)3)17(21)19-16-10-8-6-5-7-9-14(16)18(22)23/h11,14,16H,4-10H2,1-3H3,(H,19,21)(H,22,23). The maximum atomic E-state index is 12.7. The first-order valence-corrected chi connectivity index (χ1v) is 8.66. The van der Waals surface area contributed by atoms with Crippen molar-refractivity contribution in [2.75, 3.05) is 0 Å². The Kier molecular flexibility index (Phi) is 5.85. The summed E-state index contributed by atoms with van der Waals surface area (Å²) >= 11 is 0. The van der Waals surface area contributed by atoms with E-state index in [1.165, 1.54) is 0 Å². The van der Waals surface area contributed by atoms with Crippen LogP contribution in [0.15, 0.2) is 6.07 Å². The van der Waals surface area contributed by atoms with Crippen LogP contribution in [0.3, 0.4) is 0 Å². The molecule has 1 fully saturated rings. The van der Waals surface area contributed by atoms with Gasteiger partial charge in [0.2, 0.25) is 0 Å². The molecule has 2 atom stereocenters. The Morgan fingerprint density at radius 3 is 2.43 bits per heavy atom. The molecule has 5 heteroatoms. The number of aryl methyl sites for hydroxylation is 1. The van der Waals surface area contributed by atoms with Crippen molar-refractivity contribution in [3.05, 3.63) is 23.0 Å². The molecule has 1 saturated carbocycles. The van der Waals surface area contributed by atoms with Gasteiger partial charge in [-0.15, -0.1) is 0 Å². The third kappa shape index (κ3) is 3.95. The van der Waals surface area contributed by atoms with Crippen molar-refractivity contribution in [2.45, 2.75) is 71.9 Å². The van der Waals surface area contributed by atoms with Crippen LogP contribution in [-0.2, 0) is 11.3 Å². The van der Waals surface area contributed by atoms with Crippen LogP contribution in [0.1, 0.15) is 67.2 Å². The molecule has 23 heavy (non-hydrogen) atoms. The van der Waals surface area contributed by atoms with Gasteiger partial charge in [-0.1, -0.05) is 25.7 Å². The van der Waals surface area contributed by atoms with Gasteiger partial charge in [-0.2, -0.15) is 0 Å². The van der Waals surface area contributed by atoms with Crippen LogP contribution in [0, 0.1) is 19.8 Å². The second kappa shape index (κ2) is 7.66. The fourth-order valence-corrected chi connectivity index (χ4v) is 3.72. The average Bonchev–Trinajstić information content (AvgIpc) is 2.76. The molecular formula is C18H28N2O3. The average molecular weight is 320 g/mol. The predicted molar refractivity (Wildman–Crippen MR) is 89.7 cm³/mol. The van der Waals surface area contributed by atoms with Gasteiger partial charge in [0.05, 0.1) is 11.5 Å². The lowest BCUT2D eigenvalue weighted by atomic mass is 9.86. The van der Waals surface area contributed by atoms with E-state index in [-0.39, 0.29) is 11.9 Å². The first-order chi connectivity index (χ1) is 11.0. The number of carbonyl (C=O) groups excluding carboxylic acids is 1. The van der Waals surface area contributed by atoms with Gasteiger partial charge in [-0.25, -0.2) is 0 Å². The molecule has 1 aromatic heterocycles. The van der Waals surface area contributed by atoms with E-state index in [9.17, 15) is 14.7 Å². The van der Waals surface area contributed by atoms with Crippen molar-refractivity contribution in [3.63, 3.8) is 0 Å². The topological polar surface area (TPSA) is 71.3 Å². The maximum Gasteiger partial charge on any atom is 0.308 e. The molecule has 0 radical (unpaired) electrons. The zero-order chi connectivity index (χ0) is 17.0. The molecule has 0 aromatic carbocycles. The molecule has 1 amide bonds. The molecule has 1 aromatic rings. The highest BCUT2D eigenvalue weighted by Gasteiger charge is 2.30. The van der Waals surface area contributed by atoms with Crippen LogP contribution in [0.5, 0.6) is 0 Å². The van der Waals surface area contributed by atoms with Gasteiger partial charge in [0.15, 0.2) is 0 Å². The summed E-state index contributed by atoms with van der Waals surface area (Å²) in [5.41, 5.74) is 2.67. The number of aliphatic carboxylic acids is 1. The Balaban J connectivity index is 2.17. The summed E-state index contributed by atoms with van der Waals surface area (Å²) in [6, 6.07) is 1.62. The Labute approximate surface area is 138 Å². The van der Waals surface area contributed by atoms with Crippen LogP contribution in [-0.4, -0.2) is 27.6 Å². The van der Waals surface area contributed by atoms with Crippen LogP contribution >= 0.6 is 0 Å². The van der Waals surface area contributed by atoms with Gasteiger partial charge in [0, 0.05) is 24.0 Å². The zero-order valence-corrected chi connectivity index (χ0v) is 14.4. The summed E-state index contributed by atoms with van der Waals surface area (Å²) in [7, 11) is 0. The molecule has 0 saturated heterocycles. The van der Waals surface area contributed by atoms with Crippen molar-refractivity contribution in [3.8, 4) is 0 Å². The summed E-state index contributed by atoms with van der Waals surface area (Å²) in [6.07, 6.45) is 5.49. The second-order valence-corrected chi connectivity index (χ2v) is 6.55. The normalized spacial score (nSPS) is 22.2. The van der Waals surface area contributed by atoms with Crippen molar-refractivity contribution >= 4 is 11.9 Å². The Hall–Kier alpha value is -1.78. The molecule has 128 valence electrons. The zero-order valence-electron chi connectivity index (χ0n) is 14.4. The number of carboxylic acids is 1. The number of rotatable bonds is 4. The number of amides is 1. The molecule has 1 aliphatic rings. The number of carboxylic acid groups (broad SMARTS) is 1. The lowest BCUT2D eigenvalue weighted by molar-refractivity contribution is -0.143. The van der Waals surface area contributed by atoms with Crippen molar-refractivity contribution in [2.24, 2.45) is 5.92 Å². The summed E-state index contributed by atoms with van der Waals surface area (Å²) in [6.45, 7) is 6.81. The highest BCUT2D eigenvalue weighted by molar-refractivity contribution is 5.96. The quantitative estimate of drug-likeness (QED) is 0.894. The largest absolute Gasteiger partial charge is 0.481 e. The fraction of sp³-hybridized carbons (Fsp3) is 0.667. The van der Waals surface area contributed by atoms with Crippen molar-refractivity contribution in [1.29, 1.82) is 0 Å². The van der Waals surface area contributed by atoms with Crippen LogP contribution in [0.25, 0.3) is 0 Å². The number of nitrogens with zero attached hydrogens (tertiary/aromatic N) is 1. The highest BCUT2D eigenvalue weighted by atomic mass is 16.4. The molecule has 0 aliphatic heterocycles. The third-order valence-corrected chi connectivity index (χ3v) is 5.03. The maximum absolute atomic E-state index is 12.7. The number of hydrogen-bond acceptors (Lipinski definition) is 2. The predicted octanol–water partition coefficient (Wildman–Crippen LogP) is 3.28. The number of carbonyl (C=O) groups is 2. The van der Waals surface area contributed by atoms with Crippen molar-refractivity contribution < 1.29 is 14.7 Å². The summed E-state index contributed by atoms with van der Waals surface area (Å²) in [5, 5.41) is 12.5. The smallest absolute Gasteiger partial charge is 0.308 e. The second-order valence-electron chi connectivity index (χ2n) is 6.55. The SMILES string of the molecule is CCn1c(C)cc(C(=O)NC2CCCCCCC2C(=O)O)c1C. The summed E-state index contributed by atoms with van der Waals surface area (Å²) in [5.74, 6) is -1.42. The molecule has 2 unspecified atom stereocenters. The molecule has 1 aliphatic carbocycles. The number of hydrogen-bond donors (Lipinski definition) is 2. The fourth-order valence-electron chi connectivity index (χ4n) is 3.72. The first-order valence-electron chi connectivity index (χ1n) is 8.66. The molecule has 0 spiro atoms. The van der Waals surface area contributed by atoms with E-state index in [0.717, 1.165) is 50.0 Å². The molecule has 5 nitrogen and oxygen atoms in total. The molecule has 2 N–H and O–H groups in total. The van der Waals surface area contributed by atoms with Gasteiger partial charge in [-0.05, 0) is 39.7 Å². The Morgan fingerprint density at radius 2 is 1.87 bits per heavy atom. The minimum Gasteiger partial charge on any atom is -0.481 e. The van der Waals surface area contributed by atoms with Gasteiger partial charge >= 0.3 is 5.97 Å². The van der Waals surface area contributed by atoms with Gasteiger partial charge in [-0.3, -0.25) is 9.59 Å². The van der Waals surface area contributed by atoms with E-state index in [1.807, 2.05) is 19.9 Å². The van der Waals surface area contributed by atoms with Gasteiger partial charge < -0.3 is 15.0 Å². The van der Waals surface area contributed by atoms with Crippen LogP contribution in [0.4, 0.5) is 0 Å². The number of nitrogens with one attached hydrogen (secondary N) is 1. The molecular weight excluding hydrogens is 292 g/mol. The molecule has 2 rings (SSSR count). The van der Waals surface area contributed by atoms with E-state index < -0.39 is 11.9 Å². The van der Waals surface area contributed by atoms with Crippen LogP contribution < -0.4 is 5.32 Å². The van der Waals surface area contributed by atoms with E-state index >= 15 is 0 Å². The van der Waals surface area contributed by atoms with Gasteiger partial charge in [0.25, 0.3) is 5.91 Å². The van der Waals surface area contributed by atoms with E-state index in [0.29, 0.717) is 12.0 Å². The minimum absolute atomic E-state index is 0.144. The lowest BCUT2D eigenvalue weighted by Gasteiger charge is -2.27. The minimum atomic E-state index is -0.795. The molecule has 1 heterocycles. The van der Waals surface area contributed by atoms with E-state index in [2.05, 4.69) is 16.8 Å². The first kappa shape index (κ1) is 17.6. The molecule has 0 bridgehead atoms. The lowest BCUT2D eigenvalue weighted by Crippen LogP contribution is -2.44. The Bertz CT molecular complexity index is 577. The van der Waals surface area contributed by atoms with Crippen molar-refractivity contribution in [1.82, 2.24) is 9.88 Å². The van der Waals surface area contributed by atoms with E-state index in [4.69, 9.17) is 0 Å². The van der Waals surface area contributed by atoms with E-state index in [1.54, 1.807) is 0 Å².